The van der Waals surface area contributed by atoms with Gasteiger partial charge in [-0.2, -0.15) is 4.98 Å². The summed E-state index contributed by atoms with van der Waals surface area (Å²) in [6.45, 7) is 4.77. The van der Waals surface area contributed by atoms with Gasteiger partial charge in [0.2, 0.25) is 5.13 Å². The van der Waals surface area contributed by atoms with E-state index in [0.717, 1.165) is 11.5 Å². The number of aromatic nitrogens is 2. The smallest absolute Gasteiger partial charge is 0.330 e. The topological polar surface area (TPSA) is 61.0 Å². The van der Waals surface area contributed by atoms with Crippen LogP contribution in [-0.4, -0.2) is 16.0 Å². The van der Waals surface area contributed by atoms with Gasteiger partial charge >= 0.3 is 6.01 Å². The minimum atomic E-state index is 0.390. The fraction of sp³-hybridized carbons (Fsp3) is 0.667. The van der Waals surface area contributed by atoms with Crippen LogP contribution >= 0.6 is 11.5 Å². The van der Waals surface area contributed by atoms with Gasteiger partial charge in [0.05, 0.1) is 6.61 Å². The van der Waals surface area contributed by atoms with Gasteiger partial charge in [0, 0.05) is 11.5 Å². The highest BCUT2D eigenvalue weighted by molar-refractivity contribution is 7.09. The molecule has 0 amide bonds. The van der Waals surface area contributed by atoms with Gasteiger partial charge < -0.3 is 10.5 Å². The van der Waals surface area contributed by atoms with Crippen LogP contribution in [-0.2, 0) is 0 Å². The molecule has 0 bridgehead atoms. The Labute approximate surface area is 69.6 Å². The Morgan fingerprint density at radius 2 is 2.36 bits per heavy atom. The van der Waals surface area contributed by atoms with Crippen LogP contribution < -0.4 is 10.5 Å². The first-order valence-electron chi connectivity index (χ1n) is 3.40. The first kappa shape index (κ1) is 8.26. The molecule has 0 aliphatic rings. The number of rotatable bonds is 3. The summed E-state index contributed by atoms with van der Waals surface area (Å²) in [5, 5.41) is 0.448. The third kappa shape index (κ3) is 2.71. The molecule has 2 N–H and O–H groups in total. The molecule has 1 heterocycles. The number of ether oxygens (including phenoxy) is 1. The Balaban J connectivity index is 2.39. The molecule has 0 radical (unpaired) electrons. The summed E-state index contributed by atoms with van der Waals surface area (Å²) in [5.74, 6) is 0.486. The van der Waals surface area contributed by atoms with E-state index in [2.05, 4.69) is 23.2 Å². The van der Waals surface area contributed by atoms with Crippen molar-refractivity contribution < 1.29 is 4.74 Å². The maximum absolute atomic E-state index is 5.35. The van der Waals surface area contributed by atoms with Crippen LogP contribution in [0.25, 0.3) is 0 Å². The van der Waals surface area contributed by atoms with Crippen molar-refractivity contribution in [2.45, 2.75) is 13.8 Å². The molecule has 0 aliphatic carbocycles. The van der Waals surface area contributed by atoms with Gasteiger partial charge in [-0.05, 0) is 5.92 Å². The predicted molar refractivity (Wildman–Crippen MR) is 44.7 cm³/mol. The third-order valence-electron chi connectivity index (χ3n) is 0.969. The van der Waals surface area contributed by atoms with Gasteiger partial charge in [0.15, 0.2) is 0 Å². The lowest BCUT2D eigenvalue weighted by Crippen LogP contribution is -2.05. The summed E-state index contributed by atoms with van der Waals surface area (Å²) < 4.78 is 9.07. The lowest BCUT2D eigenvalue weighted by atomic mass is 10.2. The Kier molecular flexibility index (Phi) is 2.64. The quantitative estimate of drug-likeness (QED) is 0.745. The van der Waals surface area contributed by atoms with Crippen molar-refractivity contribution in [3.05, 3.63) is 0 Å². The lowest BCUT2D eigenvalue weighted by Gasteiger charge is -2.02. The van der Waals surface area contributed by atoms with Gasteiger partial charge in [0.1, 0.15) is 0 Å². The number of hydrogen-bond donors (Lipinski definition) is 1. The van der Waals surface area contributed by atoms with Crippen LogP contribution in [0.15, 0.2) is 0 Å². The van der Waals surface area contributed by atoms with Crippen molar-refractivity contribution in [3.8, 4) is 6.01 Å². The van der Waals surface area contributed by atoms with Gasteiger partial charge in [0.25, 0.3) is 0 Å². The normalized spacial score (nSPS) is 10.5. The van der Waals surface area contributed by atoms with E-state index in [9.17, 15) is 0 Å². The zero-order chi connectivity index (χ0) is 8.27. The number of nitrogen functional groups attached to an aromatic ring is 1. The van der Waals surface area contributed by atoms with Crippen molar-refractivity contribution in [1.82, 2.24) is 9.36 Å². The van der Waals surface area contributed by atoms with E-state index in [4.69, 9.17) is 10.5 Å². The summed E-state index contributed by atoms with van der Waals surface area (Å²) in [4.78, 5) is 3.85. The van der Waals surface area contributed by atoms with Gasteiger partial charge in [-0.3, -0.25) is 0 Å². The second kappa shape index (κ2) is 3.52. The third-order valence-corrected chi connectivity index (χ3v) is 1.49. The van der Waals surface area contributed by atoms with Crippen molar-refractivity contribution in [2.75, 3.05) is 12.3 Å². The Morgan fingerprint density at radius 1 is 1.64 bits per heavy atom. The molecule has 0 unspecified atom stereocenters. The van der Waals surface area contributed by atoms with Gasteiger partial charge in [-0.15, -0.1) is 4.37 Å². The molecule has 0 fully saturated rings. The van der Waals surface area contributed by atoms with E-state index < -0.39 is 0 Å². The summed E-state index contributed by atoms with van der Waals surface area (Å²) >= 11 is 1.15. The molecular weight excluding hydrogens is 162 g/mol. The molecule has 0 saturated carbocycles. The summed E-state index contributed by atoms with van der Waals surface area (Å²) in [7, 11) is 0. The first-order valence-corrected chi connectivity index (χ1v) is 4.18. The highest BCUT2D eigenvalue weighted by Crippen LogP contribution is 2.12. The molecule has 1 rings (SSSR count). The van der Waals surface area contributed by atoms with Crippen LogP contribution in [0.5, 0.6) is 6.01 Å². The highest BCUT2D eigenvalue weighted by Gasteiger charge is 2.01. The van der Waals surface area contributed by atoms with Gasteiger partial charge in [-0.25, -0.2) is 0 Å². The standard InChI is InChI=1S/C6H11N3OS/c1-4(2)3-10-6-8-5(7)11-9-6/h4H,3H2,1-2H3,(H2,7,8,9). The average molecular weight is 173 g/mol. The monoisotopic (exact) mass is 173 g/mol. The summed E-state index contributed by atoms with van der Waals surface area (Å²) in [5.41, 5.74) is 5.35. The summed E-state index contributed by atoms with van der Waals surface area (Å²) in [6.07, 6.45) is 0. The minimum Gasteiger partial charge on any atom is -0.463 e. The SMILES string of the molecule is CC(C)COc1nsc(N)n1. The fourth-order valence-corrected chi connectivity index (χ4v) is 0.905. The van der Waals surface area contributed by atoms with Crippen LogP contribution in [0.3, 0.4) is 0 Å². The van der Waals surface area contributed by atoms with Crippen LogP contribution in [0.1, 0.15) is 13.8 Å². The maximum Gasteiger partial charge on any atom is 0.330 e. The van der Waals surface area contributed by atoms with Crippen molar-refractivity contribution >= 4 is 16.7 Å². The van der Waals surface area contributed by atoms with Crippen molar-refractivity contribution in [1.29, 1.82) is 0 Å². The fourth-order valence-electron chi connectivity index (χ4n) is 0.521. The molecular formula is C6H11N3OS. The molecule has 4 nitrogen and oxygen atoms in total. The largest absolute Gasteiger partial charge is 0.463 e. The zero-order valence-corrected chi connectivity index (χ0v) is 7.39. The van der Waals surface area contributed by atoms with E-state index >= 15 is 0 Å². The maximum atomic E-state index is 5.35. The van der Waals surface area contributed by atoms with E-state index in [1.54, 1.807) is 0 Å². The van der Waals surface area contributed by atoms with Crippen molar-refractivity contribution in [3.63, 3.8) is 0 Å². The van der Waals surface area contributed by atoms with Crippen LogP contribution in [0.2, 0.25) is 0 Å². The second-order valence-corrected chi connectivity index (χ2v) is 3.40. The predicted octanol–water partition coefficient (Wildman–Crippen LogP) is 1.16. The van der Waals surface area contributed by atoms with Crippen molar-refractivity contribution in [2.24, 2.45) is 5.92 Å². The first-order chi connectivity index (χ1) is 5.18. The highest BCUT2D eigenvalue weighted by atomic mass is 32.1. The number of anilines is 1. The average Bonchev–Trinajstić information content (AvgIpc) is 2.31. The van der Waals surface area contributed by atoms with Gasteiger partial charge in [-0.1, -0.05) is 13.8 Å². The number of nitrogens with two attached hydrogens (primary N) is 1. The Bertz CT molecular complexity index is 223. The summed E-state index contributed by atoms with van der Waals surface area (Å²) in [6, 6.07) is 0.390. The van der Waals surface area contributed by atoms with E-state index in [1.165, 1.54) is 0 Å². The number of hydrogen-bond acceptors (Lipinski definition) is 5. The molecule has 0 aliphatic heterocycles. The minimum absolute atomic E-state index is 0.390. The molecule has 1 aromatic heterocycles. The Morgan fingerprint density at radius 3 is 2.82 bits per heavy atom. The van der Waals surface area contributed by atoms with E-state index in [0.29, 0.717) is 23.7 Å². The van der Waals surface area contributed by atoms with E-state index in [-0.39, 0.29) is 0 Å². The number of nitrogens with zero attached hydrogens (tertiary/aromatic N) is 2. The zero-order valence-electron chi connectivity index (χ0n) is 6.57. The molecule has 5 heteroatoms. The molecule has 0 atom stereocenters. The Hall–Kier alpha value is -0.840. The molecule has 1 aromatic rings. The molecule has 0 aromatic carbocycles. The van der Waals surface area contributed by atoms with Crippen LogP contribution in [0, 0.1) is 5.92 Å². The van der Waals surface area contributed by atoms with E-state index in [1.807, 2.05) is 0 Å². The molecule has 62 valence electrons. The molecule has 0 spiro atoms. The molecule has 11 heavy (non-hydrogen) atoms. The second-order valence-electron chi connectivity index (χ2n) is 2.62. The molecule has 0 saturated heterocycles. The van der Waals surface area contributed by atoms with Crippen LogP contribution in [0.4, 0.5) is 5.13 Å². The lowest BCUT2D eigenvalue weighted by molar-refractivity contribution is 0.254.